The van der Waals surface area contributed by atoms with Gasteiger partial charge in [-0.25, -0.2) is 0 Å². The highest BCUT2D eigenvalue weighted by Gasteiger charge is 2.37. The second kappa shape index (κ2) is 10.2. The highest BCUT2D eigenvalue weighted by atomic mass is 32.1. The van der Waals surface area contributed by atoms with Crippen LogP contribution < -0.4 is 0 Å². The highest BCUT2D eigenvalue weighted by Crippen LogP contribution is 2.40. The van der Waals surface area contributed by atoms with Crippen molar-refractivity contribution >= 4 is 23.2 Å². The second-order valence-electron chi connectivity index (χ2n) is 9.03. The van der Waals surface area contributed by atoms with Crippen molar-refractivity contribution in [1.29, 1.82) is 0 Å². The summed E-state index contributed by atoms with van der Waals surface area (Å²) in [6.07, 6.45) is 3.59. The van der Waals surface area contributed by atoms with Crippen molar-refractivity contribution in [3.8, 4) is 0 Å². The van der Waals surface area contributed by atoms with Crippen LogP contribution in [0.1, 0.15) is 60.7 Å². The smallest absolute Gasteiger partial charge is 0.239 e. The van der Waals surface area contributed by atoms with E-state index in [9.17, 15) is 9.59 Å². The van der Waals surface area contributed by atoms with E-state index in [1.54, 1.807) is 0 Å². The first kappa shape index (κ1) is 23.0. The number of nitrogens with zero attached hydrogens (tertiary/aromatic N) is 3. The number of piperazine rings is 1. The first-order valence-electron chi connectivity index (χ1n) is 11.9. The standard InChI is InChI=1S/C26H35N3O2S/c1-4-5-10-24(30)27-14-16-28(17-15-27)26(31)20(3)29-13-11-23-22(12-18-32-23)25(29)21-9-7-6-8-19(21)2/h6-9,12,18,20,25H,4-5,10-11,13-17H2,1-3H3. The summed E-state index contributed by atoms with van der Waals surface area (Å²) in [7, 11) is 0. The zero-order chi connectivity index (χ0) is 22.7. The molecule has 1 saturated heterocycles. The summed E-state index contributed by atoms with van der Waals surface area (Å²) in [6, 6.07) is 10.7. The molecule has 5 nitrogen and oxygen atoms in total. The average molecular weight is 454 g/mol. The molecule has 172 valence electrons. The number of amides is 2. The molecular weight excluding hydrogens is 418 g/mol. The largest absolute Gasteiger partial charge is 0.339 e. The summed E-state index contributed by atoms with van der Waals surface area (Å²) in [6.45, 7) is 9.78. The summed E-state index contributed by atoms with van der Waals surface area (Å²) < 4.78 is 0. The van der Waals surface area contributed by atoms with Crippen molar-refractivity contribution in [2.24, 2.45) is 0 Å². The SMILES string of the molecule is CCCCC(=O)N1CCN(C(=O)C(C)N2CCc3sccc3C2c2ccccc2C)CC1. The Morgan fingerprint density at radius 1 is 1.03 bits per heavy atom. The molecular formula is C26H35N3O2S. The Morgan fingerprint density at radius 2 is 1.75 bits per heavy atom. The maximum absolute atomic E-state index is 13.5. The first-order chi connectivity index (χ1) is 15.5. The number of fused-ring (bicyclic) bond motifs is 1. The Labute approximate surface area is 196 Å². The molecule has 2 amide bonds. The van der Waals surface area contributed by atoms with Gasteiger partial charge in [0, 0.05) is 44.0 Å². The first-order valence-corrected chi connectivity index (χ1v) is 12.8. The van der Waals surface area contributed by atoms with Gasteiger partial charge in [0.05, 0.1) is 12.1 Å². The molecule has 6 heteroatoms. The number of carbonyl (C=O) groups excluding carboxylic acids is 2. The number of unbranched alkanes of at least 4 members (excludes halogenated alkanes) is 1. The monoisotopic (exact) mass is 453 g/mol. The number of benzene rings is 1. The van der Waals surface area contributed by atoms with Gasteiger partial charge in [0.2, 0.25) is 11.8 Å². The number of carbonyl (C=O) groups is 2. The molecule has 0 spiro atoms. The van der Waals surface area contributed by atoms with Crippen LogP contribution in [-0.4, -0.2) is 65.3 Å². The van der Waals surface area contributed by atoms with Gasteiger partial charge in [0.25, 0.3) is 0 Å². The lowest BCUT2D eigenvalue weighted by atomic mass is 9.89. The molecule has 1 fully saturated rings. The van der Waals surface area contributed by atoms with E-state index in [1.807, 2.05) is 21.1 Å². The summed E-state index contributed by atoms with van der Waals surface area (Å²) in [5.74, 6) is 0.413. The Balaban J connectivity index is 1.48. The van der Waals surface area contributed by atoms with E-state index in [0.29, 0.717) is 32.6 Å². The number of rotatable bonds is 6. The Bertz CT molecular complexity index is 948. The van der Waals surface area contributed by atoms with Crippen LogP contribution in [0.5, 0.6) is 0 Å². The predicted octanol–water partition coefficient (Wildman–Crippen LogP) is 4.25. The minimum atomic E-state index is -0.199. The fourth-order valence-corrected chi connectivity index (χ4v) is 5.97. The van der Waals surface area contributed by atoms with Gasteiger partial charge in [-0.2, -0.15) is 0 Å². The van der Waals surface area contributed by atoms with Gasteiger partial charge in [-0.3, -0.25) is 14.5 Å². The fourth-order valence-electron chi connectivity index (χ4n) is 5.06. The number of hydrogen-bond acceptors (Lipinski definition) is 4. The molecule has 0 N–H and O–H groups in total. The average Bonchev–Trinajstić information content (AvgIpc) is 3.30. The molecule has 0 radical (unpaired) electrons. The van der Waals surface area contributed by atoms with Crippen molar-refractivity contribution in [2.45, 2.75) is 58.5 Å². The van der Waals surface area contributed by atoms with E-state index < -0.39 is 0 Å². The molecule has 2 atom stereocenters. The molecule has 2 aliphatic rings. The summed E-state index contributed by atoms with van der Waals surface area (Å²) in [4.78, 5) is 33.6. The van der Waals surface area contributed by atoms with Crippen molar-refractivity contribution in [1.82, 2.24) is 14.7 Å². The molecule has 1 aromatic carbocycles. The third-order valence-corrected chi connectivity index (χ3v) is 8.03. The van der Waals surface area contributed by atoms with E-state index in [1.165, 1.54) is 21.6 Å². The summed E-state index contributed by atoms with van der Waals surface area (Å²) >= 11 is 1.83. The van der Waals surface area contributed by atoms with E-state index >= 15 is 0 Å². The lowest BCUT2D eigenvalue weighted by Gasteiger charge is -2.43. The maximum atomic E-state index is 13.5. The Morgan fingerprint density at radius 3 is 2.47 bits per heavy atom. The lowest BCUT2D eigenvalue weighted by Crippen LogP contribution is -2.56. The molecule has 3 heterocycles. The highest BCUT2D eigenvalue weighted by molar-refractivity contribution is 7.10. The van der Waals surface area contributed by atoms with E-state index in [4.69, 9.17) is 0 Å². The lowest BCUT2D eigenvalue weighted by molar-refractivity contribution is -0.143. The third-order valence-electron chi connectivity index (χ3n) is 7.03. The topological polar surface area (TPSA) is 43.9 Å². The summed E-state index contributed by atoms with van der Waals surface area (Å²) in [5, 5.41) is 2.18. The minimum Gasteiger partial charge on any atom is -0.339 e. The normalized spacial score (nSPS) is 20.2. The molecule has 0 saturated carbocycles. The molecule has 4 rings (SSSR count). The quantitative estimate of drug-likeness (QED) is 0.657. The van der Waals surface area contributed by atoms with Crippen LogP contribution in [0.2, 0.25) is 0 Å². The van der Waals surface area contributed by atoms with Crippen molar-refractivity contribution in [2.75, 3.05) is 32.7 Å². The van der Waals surface area contributed by atoms with Crippen LogP contribution in [0.25, 0.3) is 0 Å². The Hall–Kier alpha value is -2.18. The Kier molecular flexibility index (Phi) is 7.31. The van der Waals surface area contributed by atoms with Gasteiger partial charge in [-0.05, 0) is 54.8 Å². The van der Waals surface area contributed by atoms with E-state index in [-0.39, 0.29) is 23.9 Å². The van der Waals surface area contributed by atoms with Gasteiger partial charge in [0.15, 0.2) is 0 Å². The van der Waals surface area contributed by atoms with Crippen molar-refractivity contribution in [3.05, 3.63) is 57.3 Å². The van der Waals surface area contributed by atoms with Gasteiger partial charge < -0.3 is 9.80 Å². The maximum Gasteiger partial charge on any atom is 0.239 e. The van der Waals surface area contributed by atoms with Crippen LogP contribution in [0, 0.1) is 6.92 Å². The zero-order valence-corrected chi connectivity index (χ0v) is 20.4. The number of thiophene rings is 1. The number of hydrogen-bond donors (Lipinski definition) is 0. The van der Waals surface area contributed by atoms with Crippen molar-refractivity contribution in [3.63, 3.8) is 0 Å². The molecule has 1 aromatic heterocycles. The third kappa shape index (κ3) is 4.62. The molecule has 2 aliphatic heterocycles. The van der Waals surface area contributed by atoms with Crippen LogP contribution in [0.15, 0.2) is 35.7 Å². The predicted molar refractivity (Wildman–Crippen MR) is 130 cm³/mol. The van der Waals surface area contributed by atoms with Gasteiger partial charge >= 0.3 is 0 Å². The summed E-state index contributed by atoms with van der Waals surface area (Å²) in [5.41, 5.74) is 3.90. The molecule has 0 bridgehead atoms. The number of aryl methyl sites for hydroxylation is 1. The van der Waals surface area contributed by atoms with E-state index in [2.05, 4.69) is 61.4 Å². The minimum absolute atomic E-state index is 0.113. The second-order valence-corrected chi connectivity index (χ2v) is 10.0. The molecule has 2 aromatic rings. The van der Waals surface area contributed by atoms with Crippen molar-refractivity contribution < 1.29 is 9.59 Å². The van der Waals surface area contributed by atoms with Crippen LogP contribution >= 0.6 is 11.3 Å². The van der Waals surface area contributed by atoms with Gasteiger partial charge in [0.1, 0.15) is 0 Å². The van der Waals surface area contributed by atoms with Crippen LogP contribution in [-0.2, 0) is 16.0 Å². The zero-order valence-electron chi connectivity index (χ0n) is 19.5. The van der Waals surface area contributed by atoms with E-state index in [0.717, 1.165) is 25.8 Å². The molecule has 32 heavy (non-hydrogen) atoms. The van der Waals surface area contributed by atoms with Crippen LogP contribution in [0.4, 0.5) is 0 Å². The van der Waals surface area contributed by atoms with Crippen LogP contribution in [0.3, 0.4) is 0 Å². The molecule has 2 unspecified atom stereocenters. The van der Waals surface area contributed by atoms with Gasteiger partial charge in [-0.15, -0.1) is 11.3 Å². The fraction of sp³-hybridized carbons (Fsp3) is 0.538. The molecule has 0 aliphatic carbocycles. The van der Waals surface area contributed by atoms with Gasteiger partial charge in [-0.1, -0.05) is 37.6 Å².